The third-order valence-corrected chi connectivity index (χ3v) is 2.68. The van der Waals surface area contributed by atoms with Gasteiger partial charge in [0.15, 0.2) is 0 Å². The fraction of sp³-hybridized carbons (Fsp3) is 0.727. The van der Waals surface area contributed by atoms with Crippen molar-refractivity contribution in [1.82, 2.24) is 9.78 Å². The summed E-state index contributed by atoms with van der Waals surface area (Å²) in [6.07, 6.45) is 0.964. The third-order valence-electron chi connectivity index (χ3n) is 2.68. The van der Waals surface area contributed by atoms with Crippen LogP contribution in [0.25, 0.3) is 0 Å². The van der Waals surface area contributed by atoms with Gasteiger partial charge < -0.3 is 5.73 Å². The summed E-state index contributed by atoms with van der Waals surface area (Å²) in [4.78, 5) is 0. The Kier molecular flexibility index (Phi) is 3.32. The van der Waals surface area contributed by atoms with Gasteiger partial charge in [-0.1, -0.05) is 6.92 Å². The first-order chi connectivity index (χ1) is 6.49. The van der Waals surface area contributed by atoms with Crippen LogP contribution in [0.1, 0.15) is 56.2 Å². The Morgan fingerprint density at radius 2 is 1.93 bits per heavy atom. The number of rotatable bonds is 3. The maximum atomic E-state index is 6.06. The Morgan fingerprint density at radius 1 is 1.36 bits per heavy atom. The summed E-state index contributed by atoms with van der Waals surface area (Å²) in [5.41, 5.74) is 9.57. The fourth-order valence-electron chi connectivity index (χ4n) is 1.92. The van der Waals surface area contributed by atoms with Crippen LogP contribution in [-0.4, -0.2) is 9.78 Å². The SMILES string of the molecule is CCC(N)c1c(C)nn(C(C)C)c1C. The molecule has 14 heavy (non-hydrogen) atoms. The van der Waals surface area contributed by atoms with Gasteiger partial charge in [0.1, 0.15) is 0 Å². The van der Waals surface area contributed by atoms with Gasteiger partial charge in [0.25, 0.3) is 0 Å². The van der Waals surface area contributed by atoms with Gasteiger partial charge in [-0.3, -0.25) is 4.68 Å². The first-order valence-electron chi connectivity index (χ1n) is 5.30. The van der Waals surface area contributed by atoms with E-state index in [0.29, 0.717) is 6.04 Å². The lowest BCUT2D eigenvalue weighted by molar-refractivity contribution is 0.514. The largest absolute Gasteiger partial charge is 0.324 e. The van der Waals surface area contributed by atoms with Crippen molar-refractivity contribution < 1.29 is 0 Å². The summed E-state index contributed by atoms with van der Waals surface area (Å²) < 4.78 is 2.06. The summed E-state index contributed by atoms with van der Waals surface area (Å²) in [5.74, 6) is 0. The molecule has 1 rings (SSSR count). The van der Waals surface area contributed by atoms with Crippen LogP contribution in [-0.2, 0) is 0 Å². The van der Waals surface area contributed by atoms with Crippen LogP contribution in [0.4, 0.5) is 0 Å². The van der Waals surface area contributed by atoms with Crippen molar-refractivity contribution >= 4 is 0 Å². The molecule has 0 aliphatic carbocycles. The van der Waals surface area contributed by atoms with E-state index in [1.54, 1.807) is 0 Å². The van der Waals surface area contributed by atoms with Crippen molar-refractivity contribution in [3.8, 4) is 0 Å². The fourth-order valence-corrected chi connectivity index (χ4v) is 1.92. The molecular formula is C11H21N3. The molecule has 3 nitrogen and oxygen atoms in total. The number of hydrogen-bond acceptors (Lipinski definition) is 2. The summed E-state index contributed by atoms with van der Waals surface area (Å²) in [6.45, 7) is 10.5. The molecule has 0 aliphatic rings. The van der Waals surface area contributed by atoms with E-state index in [0.717, 1.165) is 12.1 Å². The van der Waals surface area contributed by atoms with E-state index in [4.69, 9.17) is 5.73 Å². The number of nitrogens with zero attached hydrogens (tertiary/aromatic N) is 2. The first kappa shape index (κ1) is 11.2. The second-order valence-electron chi connectivity index (χ2n) is 4.14. The van der Waals surface area contributed by atoms with Crippen LogP contribution in [0.2, 0.25) is 0 Å². The normalized spacial score (nSPS) is 13.6. The molecule has 0 saturated carbocycles. The van der Waals surface area contributed by atoms with Crippen molar-refractivity contribution in [2.45, 2.75) is 53.1 Å². The van der Waals surface area contributed by atoms with E-state index in [1.165, 1.54) is 11.3 Å². The van der Waals surface area contributed by atoms with Crippen LogP contribution in [0.15, 0.2) is 0 Å². The Balaban J connectivity index is 3.17. The van der Waals surface area contributed by atoms with Crippen LogP contribution in [0.5, 0.6) is 0 Å². The number of aryl methyl sites for hydroxylation is 1. The smallest absolute Gasteiger partial charge is 0.0644 e. The topological polar surface area (TPSA) is 43.8 Å². The van der Waals surface area contributed by atoms with Crippen molar-refractivity contribution in [2.24, 2.45) is 5.73 Å². The second kappa shape index (κ2) is 4.13. The van der Waals surface area contributed by atoms with Crippen molar-refractivity contribution in [3.63, 3.8) is 0 Å². The van der Waals surface area contributed by atoms with Crippen molar-refractivity contribution in [2.75, 3.05) is 0 Å². The second-order valence-corrected chi connectivity index (χ2v) is 4.14. The van der Waals surface area contributed by atoms with Gasteiger partial charge in [0.05, 0.1) is 5.69 Å². The number of nitrogens with two attached hydrogens (primary N) is 1. The quantitative estimate of drug-likeness (QED) is 0.805. The van der Waals surface area contributed by atoms with Gasteiger partial charge >= 0.3 is 0 Å². The zero-order valence-corrected chi connectivity index (χ0v) is 9.83. The van der Waals surface area contributed by atoms with E-state index in [9.17, 15) is 0 Å². The molecule has 1 heterocycles. The Bertz CT molecular complexity index is 313. The molecule has 1 atom stereocenters. The van der Waals surface area contributed by atoms with Gasteiger partial charge in [0, 0.05) is 23.3 Å². The van der Waals surface area contributed by atoms with Gasteiger partial charge in [0.2, 0.25) is 0 Å². The highest BCUT2D eigenvalue weighted by molar-refractivity contribution is 5.28. The van der Waals surface area contributed by atoms with Gasteiger partial charge in [-0.2, -0.15) is 5.10 Å². The molecule has 0 aliphatic heterocycles. The minimum Gasteiger partial charge on any atom is -0.324 e. The Hall–Kier alpha value is -0.830. The molecule has 0 bridgehead atoms. The summed E-state index contributed by atoms with van der Waals surface area (Å²) in [5, 5.41) is 4.52. The lowest BCUT2D eigenvalue weighted by Crippen LogP contribution is -2.11. The van der Waals surface area contributed by atoms with E-state index >= 15 is 0 Å². The maximum Gasteiger partial charge on any atom is 0.0644 e. The lowest BCUT2D eigenvalue weighted by atomic mass is 10.0. The molecule has 1 aromatic heterocycles. The van der Waals surface area contributed by atoms with Gasteiger partial charge in [-0.05, 0) is 34.1 Å². The molecule has 0 spiro atoms. The molecule has 0 fully saturated rings. The average molecular weight is 195 g/mol. The van der Waals surface area contributed by atoms with Crippen LogP contribution in [0.3, 0.4) is 0 Å². The molecule has 0 radical (unpaired) electrons. The van der Waals surface area contributed by atoms with E-state index in [2.05, 4.69) is 37.5 Å². The van der Waals surface area contributed by atoms with E-state index < -0.39 is 0 Å². The highest BCUT2D eigenvalue weighted by Crippen LogP contribution is 2.23. The Labute approximate surface area is 86.3 Å². The monoisotopic (exact) mass is 195 g/mol. The van der Waals surface area contributed by atoms with Crippen LogP contribution in [0, 0.1) is 13.8 Å². The summed E-state index contributed by atoms with van der Waals surface area (Å²) >= 11 is 0. The minimum absolute atomic E-state index is 0.127. The standard InChI is InChI=1S/C11H21N3/c1-6-10(12)11-8(4)13-14(7(2)3)9(11)5/h7,10H,6,12H2,1-5H3. The molecule has 0 saturated heterocycles. The lowest BCUT2D eigenvalue weighted by Gasteiger charge is -2.11. The Morgan fingerprint density at radius 3 is 2.29 bits per heavy atom. The summed E-state index contributed by atoms with van der Waals surface area (Å²) in [7, 11) is 0. The molecule has 1 aromatic rings. The predicted molar refractivity (Wildman–Crippen MR) is 59.3 cm³/mol. The van der Waals surface area contributed by atoms with Crippen LogP contribution < -0.4 is 5.73 Å². The van der Waals surface area contributed by atoms with E-state index in [-0.39, 0.29) is 6.04 Å². The van der Waals surface area contributed by atoms with Gasteiger partial charge in [-0.15, -0.1) is 0 Å². The highest BCUT2D eigenvalue weighted by atomic mass is 15.3. The zero-order valence-electron chi connectivity index (χ0n) is 9.83. The predicted octanol–water partition coefficient (Wildman–Crippen LogP) is 2.49. The minimum atomic E-state index is 0.127. The van der Waals surface area contributed by atoms with E-state index in [1.807, 2.05) is 6.92 Å². The molecule has 1 unspecified atom stereocenters. The molecule has 0 amide bonds. The highest BCUT2D eigenvalue weighted by Gasteiger charge is 2.17. The summed E-state index contributed by atoms with van der Waals surface area (Å²) in [6, 6.07) is 0.536. The average Bonchev–Trinajstić information content (AvgIpc) is 2.41. The molecular weight excluding hydrogens is 174 g/mol. The molecule has 3 heteroatoms. The van der Waals surface area contributed by atoms with Crippen molar-refractivity contribution in [1.29, 1.82) is 0 Å². The molecule has 2 N–H and O–H groups in total. The van der Waals surface area contributed by atoms with Crippen LogP contribution >= 0.6 is 0 Å². The number of aromatic nitrogens is 2. The zero-order chi connectivity index (χ0) is 10.9. The maximum absolute atomic E-state index is 6.06. The van der Waals surface area contributed by atoms with Crippen molar-refractivity contribution in [3.05, 3.63) is 17.0 Å². The first-order valence-corrected chi connectivity index (χ1v) is 5.30. The molecule has 80 valence electrons. The molecule has 0 aromatic carbocycles. The number of hydrogen-bond donors (Lipinski definition) is 1. The third kappa shape index (κ3) is 1.82. The van der Waals surface area contributed by atoms with Gasteiger partial charge in [-0.25, -0.2) is 0 Å².